The number of hydrogen-bond donors (Lipinski definition) is 3. The zero-order valence-corrected chi connectivity index (χ0v) is 19.8. The molecule has 0 aromatic carbocycles. The number of amides is 2. The third kappa shape index (κ3) is 6.18. The smallest absolute Gasteiger partial charge is 0.330 e. The Morgan fingerprint density at radius 3 is 2.65 bits per heavy atom. The highest BCUT2D eigenvalue weighted by Crippen LogP contribution is 2.16. The van der Waals surface area contributed by atoms with E-state index in [1.807, 2.05) is 20.8 Å². The summed E-state index contributed by atoms with van der Waals surface area (Å²) in [5.41, 5.74) is 0.265. The lowest BCUT2D eigenvalue weighted by molar-refractivity contribution is -0.124. The number of aromatic nitrogens is 5. The molecule has 2 amide bonds. The van der Waals surface area contributed by atoms with Crippen molar-refractivity contribution < 1.29 is 9.59 Å². The van der Waals surface area contributed by atoms with Crippen molar-refractivity contribution in [3.8, 4) is 0 Å². The topological polar surface area (TPSA) is 144 Å². The summed E-state index contributed by atoms with van der Waals surface area (Å²) in [6.45, 7) is 6.86. The highest BCUT2D eigenvalue weighted by Gasteiger charge is 2.20. The maximum absolute atomic E-state index is 12.6. The summed E-state index contributed by atoms with van der Waals surface area (Å²) < 4.78 is 3.28. The Balaban J connectivity index is 1.74. The van der Waals surface area contributed by atoms with Crippen molar-refractivity contribution in [1.82, 2.24) is 29.4 Å². The van der Waals surface area contributed by atoms with Crippen LogP contribution in [0.3, 0.4) is 0 Å². The Kier molecular flexibility index (Phi) is 8.34. The molecule has 0 aliphatic carbocycles. The van der Waals surface area contributed by atoms with Crippen LogP contribution in [0.15, 0.2) is 34.1 Å². The highest BCUT2D eigenvalue weighted by atomic mass is 16.2. The first-order valence-electron chi connectivity index (χ1n) is 11.5. The van der Waals surface area contributed by atoms with Gasteiger partial charge in [-0.25, -0.2) is 9.78 Å². The Morgan fingerprint density at radius 2 is 1.97 bits per heavy atom. The summed E-state index contributed by atoms with van der Waals surface area (Å²) >= 11 is 0. The summed E-state index contributed by atoms with van der Waals surface area (Å²) in [5.74, 6) is 0.0956. The molecule has 3 heterocycles. The zero-order valence-electron chi connectivity index (χ0n) is 19.8. The first-order valence-corrected chi connectivity index (χ1v) is 11.5. The van der Waals surface area contributed by atoms with E-state index in [-0.39, 0.29) is 37.1 Å². The molecule has 0 aliphatic rings. The van der Waals surface area contributed by atoms with Gasteiger partial charge in [-0.05, 0) is 24.5 Å². The van der Waals surface area contributed by atoms with Gasteiger partial charge in [-0.2, -0.15) is 0 Å². The van der Waals surface area contributed by atoms with E-state index in [9.17, 15) is 19.2 Å². The fourth-order valence-corrected chi connectivity index (χ4v) is 3.63. The molecule has 11 nitrogen and oxygen atoms in total. The number of nitrogens with zero attached hydrogens (tertiary/aromatic N) is 4. The lowest BCUT2D eigenvalue weighted by Gasteiger charge is -2.11. The first kappa shape index (κ1) is 24.9. The molecule has 3 rings (SSSR count). The lowest BCUT2D eigenvalue weighted by Crippen LogP contribution is -2.33. The zero-order chi connectivity index (χ0) is 24.7. The second-order valence-electron chi connectivity index (χ2n) is 8.54. The molecule has 3 N–H and O–H groups in total. The Morgan fingerprint density at radius 1 is 1.18 bits per heavy atom. The SMILES string of the molecule is CCCCn1c(=O)[nH]c(=O)c2c1nc(CCC(=O)NCC(=O)Nc1cccnc1)n2CC(C)C. The average Bonchev–Trinajstić information content (AvgIpc) is 3.14. The number of carbonyl (C=O) groups excluding carboxylic acids is 2. The number of unbranched alkanes of at least 4 members (excludes halogenated alkanes) is 1. The van der Waals surface area contributed by atoms with Gasteiger partial charge in [0.05, 0.1) is 18.4 Å². The van der Waals surface area contributed by atoms with Crippen LogP contribution in [0, 0.1) is 5.92 Å². The molecular weight excluding hydrogens is 438 g/mol. The van der Waals surface area contributed by atoms with E-state index in [1.54, 1.807) is 22.9 Å². The number of fused-ring (bicyclic) bond motifs is 1. The third-order valence-electron chi connectivity index (χ3n) is 5.21. The Labute approximate surface area is 196 Å². The molecule has 0 bridgehead atoms. The van der Waals surface area contributed by atoms with Crippen molar-refractivity contribution in [1.29, 1.82) is 0 Å². The van der Waals surface area contributed by atoms with E-state index in [4.69, 9.17) is 0 Å². The molecule has 0 atom stereocenters. The molecule has 0 spiro atoms. The van der Waals surface area contributed by atoms with E-state index in [1.165, 1.54) is 10.8 Å². The maximum Gasteiger partial charge on any atom is 0.330 e. The molecule has 0 fully saturated rings. The van der Waals surface area contributed by atoms with Crippen LogP contribution in [0.5, 0.6) is 0 Å². The van der Waals surface area contributed by atoms with Crippen LogP contribution in [0.1, 0.15) is 45.9 Å². The molecule has 0 saturated heterocycles. The maximum atomic E-state index is 12.6. The second-order valence-corrected chi connectivity index (χ2v) is 8.54. The number of carbonyl (C=O) groups is 2. The number of aryl methyl sites for hydroxylation is 2. The molecule has 0 aliphatic heterocycles. The van der Waals surface area contributed by atoms with Crippen LogP contribution in [0.4, 0.5) is 5.69 Å². The lowest BCUT2D eigenvalue weighted by atomic mass is 10.2. The Bertz CT molecular complexity index is 1260. The largest absolute Gasteiger partial charge is 0.347 e. The second kappa shape index (κ2) is 11.4. The summed E-state index contributed by atoms with van der Waals surface area (Å²) in [5, 5.41) is 5.25. The van der Waals surface area contributed by atoms with Crippen molar-refractivity contribution in [2.24, 2.45) is 5.92 Å². The molecule has 0 radical (unpaired) electrons. The van der Waals surface area contributed by atoms with Crippen molar-refractivity contribution in [2.45, 2.75) is 59.5 Å². The van der Waals surface area contributed by atoms with Gasteiger partial charge in [0.2, 0.25) is 11.8 Å². The van der Waals surface area contributed by atoms with Gasteiger partial charge in [-0.3, -0.25) is 28.9 Å². The van der Waals surface area contributed by atoms with Crippen LogP contribution in [0.2, 0.25) is 0 Å². The van der Waals surface area contributed by atoms with Gasteiger partial charge < -0.3 is 15.2 Å². The van der Waals surface area contributed by atoms with Crippen LogP contribution >= 0.6 is 0 Å². The molecule has 0 saturated carbocycles. The molecule has 182 valence electrons. The van der Waals surface area contributed by atoms with Gasteiger partial charge in [-0.1, -0.05) is 27.2 Å². The summed E-state index contributed by atoms with van der Waals surface area (Å²) in [6.07, 6.45) is 5.12. The minimum atomic E-state index is -0.483. The van der Waals surface area contributed by atoms with Gasteiger partial charge >= 0.3 is 5.69 Å². The fourth-order valence-electron chi connectivity index (χ4n) is 3.63. The van der Waals surface area contributed by atoms with E-state index >= 15 is 0 Å². The van der Waals surface area contributed by atoms with Gasteiger partial charge in [0.25, 0.3) is 5.56 Å². The highest BCUT2D eigenvalue weighted by molar-refractivity contribution is 5.94. The molecule has 34 heavy (non-hydrogen) atoms. The molecule has 0 unspecified atom stereocenters. The van der Waals surface area contributed by atoms with Crippen molar-refractivity contribution in [3.05, 3.63) is 51.2 Å². The quantitative estimate of drug-likeness (QED) is 0.387. The van der Waals surface area contributed by atoms with E-state index in [0.29, 0.717) is 35.8 Å². The summed E-state index contributed by atoms with van der Waals surface area (Å²) in [4.78, 5) is 60.4. The number of imidazole rings is 1. The number of aromatic amines is 1. The number of H-pyrrole nitrogens is 1. The van der Waals surface area contributed by atoms with E-state index < -0.39 is 11.2 Å². The first-order chi connectivity index (χ1) is 16.3. The Hall–Kier alpha value is -3.76. The molecule has 3 aromatic heterocycles. The minimum absolute atomic E-state index is 0.0820. The average molecular weight is 470 g/mol. The number of nitrogens with one attached hydrogen (secondary N) is 3. The molecule has 11 heteroatoms. The van der Waals surface area contributed by atoms with Gasteiger partial charge in [-0.15, -0.1) is 0 Å². The van der Waals surface area contributed by atoms with Gasteiger partial charge in [0, 0.05) is 32.1 Å². The fraction of sp³-hybridized carbons (Fsp3) is 0.478. The molecular formula is C23H31N7O4. The number of pyridine rings is 1. The normalized spacial score (nSPS) is 11.2. The predicted molar refractivity (Wildman–Crippen MR) is 129 cm³/mol. The van der Waals surface area contributed by atoms with Gasteiger partial charge in [0.15, 0.2) is 11.2 Å². The number of hydrogen-bond acceptors (Lipinski definition) is 6. The van der Waals surface area contributed by atoms with Crippen LogP contribution in [-0.4, -0.2) is 42.4 Å². The van der Waals surface area contributed by atoms with Crippen molar-refractivity contribution >= 4 is 28.7 Å². The number of rotatable bonds is 11. The monoisotopic (exact) mass is 469 g/mol. The van der Waals surface area contributed by atoms with Crippen LogP contribution in [0.25, 0.3) is 11.2 Å². The molecule has 3 aromatic rings. The summed E-state index contributed by atoms with van der Waals surface area (Å²) in [7, 11) is 0. The van der Waals surface area contributed by atoms with Crippen LogP contribution < -0.4 is 21.9 Å². The van der Waals surface area contributed by atoms with Crippen molar-refractivity contribution in [2.75, 3.05) is 11.9 Å². The minimum Gasteiger partial charge on any atom is -0.347 e. The van der Waals surface area contributed by atoms with E-state index in [2.05, 4.69) is 25.6 Å². The van der Waals surface area contributed by atoms with E-state index in [0.717, 1.165) is 12.8 Å². The van der Waals surface area contributed by atoms with Gasteiger partial charge in [0.1, 0.15) is 5.82 Å². The summed E-state index contributed by atoms with van der Waals surface area (Å²) in [6, 6.07) is 3.40. The van der Waals surface area contributed by atoms with Crippen LogP contribution in [-0.2, 0) is 29.1 Å². The van der Waals surface area contributed by atoms with Crippen molar-refractivity contribution in [3.63, 3.8) is 0 Å². The standard InChI is InChI=1S/C23H31N7O4/c1-4-5-11-29-21-20(22(33)28-23(29)34)30(14-15(2)3)17(27-21)8-9-18(31)25-13-19(32)26-16-7-6-10-24-12-16/h6-7,10,12,15H,4-5,8-9,11,13-14H2,1-3H3,(H,25,31)(H,26,32)(H,28,33,34). The predicted octanol–water partition coefficient (Wildman–Crippen LogP) is 1.42. The third-order valence-corrected chi connectivity index (χ3v) is 5.21. The number of anilines is 1.